The first-order valence-electron chi connectivity index (χ1n) is 4.14. The maximum atomic E-state index is 6.00. The first-order chi connectivity index (χ1) is 6.33. The van der Waals surface area contributed by atoms with Crippen molar-refractivity contribution in [1.29, 1.82) is 0 Å². The van der Waals surface area contributed by atoms with E-state index in [1.807, 2.05) is 30.3 Å². The summed E-state index contributed by atoms with van der Waals surface area (Å²) in [6, 6.07) is 9.69. The molecule has 0 bridgehead atoms. The summed E-state index contributed by atoms with van der Waals surface area (Å²) in [5.74, 6) is 1.91. The number of para-hydroxylation sites is 1. The van der Waals surface area contributed by atoms with Crippen molar-refractivity contribution < 1.29 is 4.52 Å². The standard InChI is InChI=1S/C9H12ClOPS/c1-2-8-13-12(10)11-9-6-4-3-5-7-9/h3-7H,2,8H2,1H3. The van der Waals surface area contributed by atoms with Crippen LogP contribution in [0.15, 0.2) is 30.3 Å². The lowest BCUT2D eigenvalue weighted by atomic mass is 10.3. The zero-order valence-corrected chi connectivity index (χ0v) is 9.91. The predicted octanol–water partition coefficient (Wildman–Crippen LogP) is 4.67. The molecule has 0 radical (unpaired) electrons. The Kier molecular flexibility index (Phi) is 5.61. The average molecular weight is 235 g/mol. The van der Waals surface area contributed by atoms with Gasteiger partial charge in [-0.2, -0.15) is 0 Å². The largest absolute Gasteiger partial charge is 0.448 e. The van der Waals surface area contributed by atoms with Crippen LogP contribution < -0.4 is 4.52 Å². The van der Waals surface area contributed by atoms with E-state index in [1.165, 1.54) is 0 Å². The molecule has 0 spiro atoms. The summed E-state index contributed by atoms with van der Waals surface area (Å²) in [6.45, 7) is 1.26. The van der Waals surface area contributed by atoms with Gasteiger partial charge in [-0.3, -0.25) is 0 Å². The van der Waals surface area contributed by atoms with Gasteiger partial charge in [-0.05, 0) is 29.8 Å². The molecule has 1 nitrogen and oxygen atoms in total. The fourth-order valence-corrected chi connectivity index (χ4v) is 3.67. The summed E-state index contributed by atoms with van der Waals surface area (Å²) in [4.78, 5) is 0. The molecule has 0 N–H and O–H groups in total. The van der Waals surface area contributed by atoms with Crippen LogP contribution in [0.1, 0.15) is 13.3 Å². The first-order valence-corrected chi connectivity index (χ1v) is 7.90. The third-order valence-electron chi connectivity index (χ3n) is 1.32. The zero-order valence-electron chi connectivity index (χ0n) is 7.44. The fraction of sp³-hybridized carbons (Fsp3) is 0.333. The van der Waals surface area contributed by atoms with Crippen LogP contribution in [0.25, 0.3) is 0 Å². The van der Waals surface area contributed by atoms with Gasteiger partial charge in [0.1, 0.15) is 5.75 Å². The highest BCUT2D eigenvalue weighted by Gasteiger charge is 2.06. The van der Waals surface area contributed by atoms with Gasteiger partial charge in [0.15, 0.2) is 0 Å². The van der Waals surface area contributed by atoms with Crippen molar-refractivity contribution in [3.05, 3.63) is 30.3 Å². The summed E-state index contributed by atoms with van der Waals surface area (Å²) in [5, 5.41) is 0. The van der Waals surface area contributed by atoms with Crippen molar-refractivity contribution in [2.24, 2.45) is 0 Å². The Hall–Kier alpha value is 0.0900. The van der Waals surface area contributed by atoms with E-state index >= 15 is 0 Å². The monoisotopic (exact) mass is 234 g/mol. The number of rotatable bonds is 5. The second kappa shape index (κ2) is 6.53. The second-order valence-electron chi connectivity index (χ2n) is 2.45. The van der Waals surface area contributed by atoms with Gasteiger partial charge in [-0.1, -0.05) is 36.5 Å². The van der Waals surface area contributed by atoms with E-state index in [0.717, 1.165) is 17.9 Å². The number of benzene rings is 1. The fourth-order valence-electron chi connectivity index (χ4n) is 0.754. The van der Waals surface area contributed by atoms with Crippen molar-refractivity contribution in [3.63, 3.8) is 0 Å². The lowest BCUT2D eigenvalue weighted by Gasteiger charge is -2.09. The van der Waals surface area contributed by atoms with Crippen LogP contribution in [0.3, 0.4) is 0 Å². The van der Waals surface area contributed by atoms with Crippen LogP contribution in [-0.2, 0) is 0 Å². The molecule has 13 heavy (non-hydrogen) atoms. The van der Waals surface area contributed by atoms with E-state index in [2.05, 4.69) is 6.92 Å². The highest BCUT2D eigenvalue weighted by Crippen LogP contribution is 2.55. The first kappa shape index (κ1) is 11.2. The minimum Gasteiger partial charge on any atom is -0.448 e. The van der Waals surface area contributed by atoms with Gasteiger partial charge in [0.2, 0.25) is 6.70 Å². The van der Waals surface area contributed by atoms with Gasteiger partial charge in [-0.15, -0.1) is 0 Å². The van der Waals surface area contributed by atoms with Crippen molar-refractivity contribution >= 4 is 29.3 Å². The van der Waals surface area contributed by atoms with Gasteiger partial charge in [0, 0.05) is 5.75 Å². The molecule has 1 atom stereocenters. The zero-order chi connectivity index (χ0) is 9.52. The summed E-state index contributed by atoms with van der Waals surface area (Å²) < 4.78 is 5.51. The molecule has 1 rings (SSSR count). The molecule has 1 unspecified atom stereocenters. The van der Waals surface area contributed by atoms with Crippen LogP contribution in [0.4, 0.5) is 0 Å². The lowest BCUT2D eigenvalue weighted by molar-refractivity contribution is 0.638. The van der Waals surface area contributed by atoms with Gasteiger partial charge in [0.05, 0.1) is 0 Å². The van der Waals surface area contributed by atoms with Crippen molar-refractivity contribution in [3.8, 4) is 5.75 Å². The minimum atomic E-state index is -0.874. The highest BCUT2D eigenvalue weighted by molar-refractivity contribution is 8.61. The van der Waals surface area contributed by atoms with Crippen LogP contribution in [0.5, 0.6) is 5.75 Å². The smallest absolute Gasteiger partial charge is 0.246 e. The number of hydrogen-bond acceptors (Lipinski definition) is 2. The summed E-state index contributed by atoms with van der Waals surface area (Å²) in [6.07, 6.45) is 1.13. The van der Waals surface area contributed by atoms with Gasteiger partial charge >= 0.3 is 0 Å². The molecule has 1 aromatic carbocycles. The Bertz CT molecular complexity index is 232. The second-order valence-corrected chi connectivity index (χ2v) is 7.02. The SMILES string of the molecule is CCCSP(Cl)Oc1ccccc1. The van der Waals surface area contributed by atoms with E-state index in [0.29, 0.717) is 0 Å². The Morgan fingerprint density at radius 2 is 2.08 bits per heavy atom. The van der Waals surface area contributed by atoms with Crippen molar-refractivity contribution in [2.45, 2.75) is 13.3 Å². The minimum absolute atomic E-state index is 0.854. The van der Waals surface area contributed by atoms with E-state index in [-0.39, 0.29) is 0 Å². The van der Waals surface area contributed by atoms with E-state index in [1.54, 1.807) is 11.4 Å². The molecule has 0 aliphatic heterocycles. The third-order valence-corrected chi connectivity index (χ3v) is 4.93. The molecule has 72 valence electrons. The molecule has 0 saturated carbocycles. The van der Waals surface area contributed by atoms with Crippen LogP contribution >= 0.6 is 29.3 Å². The summed E-state index contributed by atoms with van der Waals surface area (Å²) in [7, 11) is 0. The molecular formula is C9H12ClOPS. The number of hydrogen-bond donors (Lipinski definition) is 0. The maximum Gasteiger partial charge on any atom is 0.246 e. The molecule has 4 heteroatoms. The van der Waals surface area contributed by atoms with Crippen LogP contribution in [0.2, 0.25) is 0 Å². The summed E-state index contributed by atoms with van der Waals surface area (Å²) in [5.41, 5.74) is 0. The molecule has 0 aliphatic carbocycles. The Morgan fingerprint density at radius 1 is 1.38 bits per heavy atom. The third kappa shape index (κ3) is 4.75. The van der Waals surface area contributed by atoms with Crippen LogP contribution in [0, 0.1) is 0 Å². The molecule has 0 aliphatic rings. The summed E-state index contributed by atoms with van der Waals surface area (Å²) >= 11 is 7.68. The van der Waals surface area contributed by atoms with Crippen LogP contribution in [-0.4, -0.2) is 5.75 Å². The maximum absolute atomic E-state index is 6.00. The number of halogens is 1. The average Bonchev–Trinajstić information content (AvgIpc) is 2.16. The molecule has 0 heterocycles. The lowest BCUT2D eigenvalue weighted by Crippen LogP contribution is -1.80. The topological polar surface area (TPSA) is 9.23 Å². The molecule has 0 fully saturated rings. The molecule has 0 amide bonds. The van der Waals surface area contributed by atoms with Crippen molar-refractivity contribution in [2.75, 3.05) is 5.75 Å². The molecular weight excluding hydrogens is 223 g/mol. The predicted molar refractivity (Wildman–Crippen MR) is 62.6 cm³/mol. The Balaban J connectivity index is 2.32. The van der Waals surface area contributed by atoms with E-state index in [4.69, 9.17) is 15.8 Å². The van der Waals surface area contributed by atoms with Gasteiger partial charge in [-0.25, -0.2) is 0 Å². The molecule has 0 saturated heterocycles. The Labute approximate surface area is 89.2 Å². The highest BCUT2D eigenvalue weighted by atomic mass is 35.7. The van der Waals surface area contributed by atoms with E-state index < -0.39 is 6.70 Å². The van der Waals surface area contributed by atoms with Gasteiger partial charge < -0.3 is 4.52 Å². The molecule has 1 aromatic rings. The Morgan fingerprint density at radius 3 is 2.69 bits per heavy atom. The van der Waals surface area contributed by atoms with E-state index in [9.17, 15) is 0 Å². The molecule has 0 aromatic heterocycles. The quantitative estimate of drug-likeness (QED) is 0.685. The van der Waals surface area contributed by atoms with Crippen molar-refractivity contribution in [1.82, 2.24) is 0 Å². The normalized spacial score (nSPS) is 12.5. The van der Waals surface area contributed by atoms with Gasteiger partial charge in [0.25, 0.3) is 0 Å².